The van der Waals surface area contributed by atoms with Crippen LogP contribution in [0, 0.1) is 6.92 Å². The van der Waals surface area contributed by atoms with Crippen LogP contribution in [-0.2, 0) is 12.3 Å². The SMILES string of the molecule is CCCc1nn(-c2ccc(C)c(Cl)c2)c(Cl)c1CCl. The molecule has 0 radical (unpaired) electrons. The zero-order valence-corrected chi connectivity index (χ0v) is 13.1. The standard InChI is InChI=1S/C14H15Cl3N2/c1-3-4-13-11(8-15)14(17)19(18-13)10-6-5-9(2)12(16)7-10/h5-7H,3-4,8H2,1-2H3. The van der Waals surface area contributed by atoms with Gasteiger partial charge in [0.05, 0.1) is 17.3 Å². The minimum atomic E-state index is 0.369. The Morgan fingerprint density at radius 2 is 2.00 bits per heavy atom. The Hall–Kier alpha value is -0.700. The molecule has 0 aliphatic rings. The molecule has 19 heavy (non-hydrogen) atoms. The Labute approximate surface area is 128 Å². The van der Waals surface area contributed by atoms with Crippen molar-refractivity contribution in [1.29, 1.82) is 0 Å². The number of aromatic nitrogens is 2. The van der Waals surface area contributed by atoms with E-state index < -0.39 is 0 Å². The second-order valence-corrected chi connectivity index (χ2v) is 5.48. The van der Waals surface area contributed by atoms with Crippen LogP contribution in [0.1, 0.15) is 30.2 Å². The van der Waals surface area contributed by atoms with Crippen molar-refractivity contribution in [2.75, 3.05) is 0 Å². The lowest BCUT2D eigenvalue weighted by Gasteiger charge is -2.05. The van der Waals surface area contributed by atoms with Crippen LogP contribution in [0.25, 0.3) is 5.69 Å². The number of benzene rings is 1. The highest BCUT2D eigenvalue weighted by atomic mass is 35.5. The molecule has 0 spiro atoms. The van der Waals surface area contributed by atoms with E-state index in [2.05, 4.69) is 12.0 Å². The van der Waals surface area contributed by atoms with E-state index in [9.17, 15) is 0 Å². The van der Waals surface area contributed by atoms with Gasteiger partial charge in [-0.1, -0.05) is 42.6 Å². The molecular formula is C14H15Cl3N2. The van der Waals surface area contributed by atoms with Crippen molar-refractivity contribution in [2.24, 2.45) is 0 Å². The van der Waals surface area contributed by atoms with Gasteiger partial charge >= 0.3 is 0 Å². The average molecular weight is 318 g/mol. The maximum absolute atomic E-state index is 6.36. The molecule has 1 heterocycles. The summed E-state index contributed by atoms with van der Waals surface area (Å²) in [6.07, 6.45) is 1.88. The van der Waals surface area contributed by atoms with Crippen molar-refractivity contribution in [3.63, 3.8) is 0 Å². The molecule has 2 aromatic rings. The van der Waals surface area contributed by atoms with Gasteiger partial charge in [-0.25, -0.2) is 4.68 Å². The third-order valence-electron chi connectivity index (χ3n) is 3.02. The van der Waals surface area contributed by atoms with Crippen molar-refractivity contribution < 1.29 is 0 Å². The molecule has 5 heteroatoms. The number of halogens is 3. The molecule has 0 saturated carbocycles. The van der Waals surface area contributed by atoms with Gasteiger partial charge in [-0.15, -0.1) is 11.6 Å². The largest absolute Gasteiger partial charge is 0.222 e. The van der Waals surface area contributed by atoms with Gasteiger partial charge in [0.15, 0.2) is 0 Å². The summed E-state index contributed by atoms with van der Waals surface area (Å²) in [6, 6.07) is 5.77. The molecule has 1 aromatic heterocycles. The lowest BCUT2D eigenvalue weighted by atomic mass is 10.2. The van der Waals surface area contributed by atoms with Gasteiger partial charge < -0.3 is 0 Å². The minimum absolute atomic E-state index is 0.369. The van der Waals surface area contributed by atoms with Crippen LogP contribution in [0.4, 0.5) is 0 Å². The molecule has 0 N–H and O–H groups in total. The molecule has 1 aromatic carbocycles. The first-order valence-electron chi connectivity index (χ1n) is 6.17. The fourth-order valence-electron chi connectivity index (χ4n) is 1.93. The normalized spacial score (nSPS) is 11.0. The van der Waals surface area contributed by atoms with Crippen LogP contribution in [0.3, 0.4) is 0 Å². The van der Waals surface area contributed by atoms with E-state index in [1.807, 2.05) is 25.1 Å². The summed E-state index contributed by atoms with van der Waals surface area (Å²) in [6.45, 7) is 4.07. The molecule has 0 saturated heterocycles. The summed E-state index contributed by atoms with van der Waals surface area (Å²) in [5.74, 6) is 0.369. The maximum Gasteiger partial charge on any atom is 0.137 e. The molecule has 0 aliphatic carbocycles. The van der Waals surface area contributed by atoms with Crippen LogP contribution in [-0.4, -0.2) is 9.78 Å². The Bertz CT molecular complexity index is 591. The van der Waals surface area contributed by atoms with E-state index in [1.165, 1.54) is 0 Å². The highest BCUT2D eigenvalue weighted by Crippen LogP contribution is 2.28. The monoisotopic (exact) mass is 316 g/mol. The van der Waals surface area contributed by atoms with Crippen LogP contribution < -0.4 is 0 Å². The summed E-state index contributed by atoms with van der Waals surface area (Å²) in [4.78, 5) is 0. The van der Waals surface area contributed by atoms with E-state index in [4.69, 9.17) is 34.8 Å². The van der Waals surface area contributed by atoms with Crippen LogP contribution >= 0.6 is 34.8 Å². The van der Waals surface area contributed by atoms with E-state index in [0.29, 0.717) is 16.1 Å². The van der Waals surface area contributed by atoms with E-state index in [1.54, 1.807) is 4.68 Å². The van der Waals surface area contributed by atoms with Gasteiger partial charge in [0.2, 0.25) is 0 Å². The number of hydrogen-bond acceptors (Lipinski definition) is 1. The Morgan fingerprint density at radius 3 is 2.58 bits per heavy atom. The second kappa shape index (κ2) is 6.17. The number of aryl methyl sites for hydroxylation is 2. The quantitative estimate of drug-likeness (QED) is 0.711. The molecule has 0 atom stereocenters. The number of nitrogens with zero attached hydrogens (tertiary/aromatic N) is 2. The smallest absolute Gasteiger partial charge is 0.137 e. The Morgan fingerprint density at radius 1 is 1.26 bits per heavy atom. The second-order valence-electron chi connectivity index (χ2n) is 4.44. The van der Waals surface area contributed by atoms with Gasteiger partial charge in [-0.05, 0) is 31.0 Å². The Balaban J connectivity index is 2.52. The van der Waals surface area contributed by atoms with Crippen molar-refractivity contribution in [3.05, 3.63) is 45.2 Å². The summed E-state index contributed by atoms with van der Waals surface area (Å²) >= 11 is 18.5. The van der Waals surface area contributed by atoms with E-state index in [0.717, 1.165) is 35.3 Å². The molecule has 0 unspecified atom stereocenters. The van der Waals surface area contributed by atoms with Gasteiger partial charge in [-0.2, -0.15) is 5.10 Å². The van der Waals surface area contributed by atoms with Crippen molar-refractivity contribution in [1.82, 2.24) is 9.78 Å². The van der Waals surface area contributed by atoms with Crippen LogP contribution in [0.2, 0.25) is 10.2 Å². The maximum atomic E-state index is 6.36. The lowest BCUT2D eigenvalue weighted by molar-refractivity contribution is 0.805. The van der Waals surface area contributed by atoms with E-state index in [-0.39, 0.29) is 0 Å². The summed E-state index contributed by atoms with van der Waals surface area (Å²) < 4.78 is 1.70. The minimum Gasteiger partial charge on any atom is -0.222 e. The predicted octanol–water partition coefficient (Wildman–Crippen LogP) is 5.18. The number of hydrogen-bond donors (Lipinski definition) is 0. The fourth-order valence-corrected chi connectivity index (χ4v) is 2.76. The molecule has 2 nitrogen and oxygen atoms in total. The number of alkyl halides is 1. The lowest BCUT2D eigenvalue weighted by Crippen LogP contribution is -1.98. The van der Waals surface area contributed by atoms with Crippen molar-refractivity contribution >= 4 is 34.8 Å². The predicted molar refractivity (Wildman–Crippen MR) is 81.9 cm³/mol. The van der Waals surface area contributed by atoms with Gasteiger partial charge in [0.1, 0.15) is 5.15 Å². The van der Waals surface area contributed by atoms with Crippen LogP contribution in [0.15, 0.2) is 18.2 Å². The highest BCUT2D eigenvalue weighted by molar-refractivity contribution is 6.32. The molecule has 2 rings (SSSR count). The van der Waals surface area contributed by atoms with Gasteiger partial charge in [0.25, 0.3) is 0 Å². The zero-order valence-electron chi connectivity index (χ0n) is 10.9. The zero-order chi connectivity index (χ0) is 14.0. The van der Waals surface area contributed by atoms with Gasteiger partial charge in [0, 0.05) is 10.6 Å². The molecule has 0 fully saturated rings. The first-order chi connectivity index (χ1) is 9.08. The summed E-state index contributed by atoms with van der Waals surface area (Å²) in [5.41, 5.74) is 3.75. The molecule has 0 aliphatic heterocycles. The molecule has 0 bridgehead atoms. The van der Waals surface area contributed by atoms with Gasteiger partial charge in [-0.3, -0.25) is 0 Å². The molecule has 102 valence electrons. The topological polar surface area (TPSA) is 17.8 Å². The summed E-state index contributed by atoms with van der Waals surface area (Å²) in [5, 5.41) is 5.82. The first kappa shape index (κ1) is 14.7. The average Bonchev–Trinajstić information content (AvgIpc) is 2.70. The third-order valence-corrected chi connectivity index (χ3v) is 4.09. The van der Waals surface area contributed by atoms with Crippen molar-refractivity contribution in [2.45, 2.75) is 32.6 Å². The first-order valence-corrected chi connectivity index (χ1v) is 7.46. The van der Waals surface area contributed by atoms with Crippen LogP contribution in [0.5, 0.6) is 0 Å². The fraction of sp³-hybridized carbons (Fsp3) is 0.357. The van der Waals surface area contributed by atoms with Crippen molar-refractivity contribution in [3.8, 4) is 5.69 Å². The highest BCUT2D eigenvalue weighted by Gasteiger charge is 2.16. The third kappa shape index (κ3) is 2.91. The van der Waals surface area contributed by atoms with E-state index >= 15 is 0 Å². The molecular weight excluding hydrogens is 303 g/mol. The summed E-state index contributed by atoms with van der Waals surface area (Å²) in [7, 11) is 0. The molecule has 0 amide bonds. The Kier molecular flexibility index (Phi) is 4.77. The number of rotatable bonds is 4.